The van der Waals surface area contributed by atoms with E-state index in [1.165, 1.54) is 19.2 Å². The first-order valence-electron chi connectivity index (χ1n) is 13.4. The van der Waals surface area contributed by atoms with E-state index in [1.54, 1.807) is 32.0 Å². The Morgan fingerprint density at radius 2 is 1.76 bits per heavy atom. The van der Waals surface area contributed by atoms with Gasteiger partial charge in [0.2, 0.25) is 5.91 Å². The smallest absolute Gasteiger partial charge is 0.344 e. The first-order valence-corrected chi connectivity index (χ1v) is 15.2. The largest absolute Gasteiger partial charge is 0.451 e. The summed E-state index contributed by atoms with van der Waals surface area (Å²) >= 11 is 0. The van der Waals surface area contributed by atoms with Crippen molar-refractivity contribution < 1.29 is 47.8 Å². The van der Waals surface area contributed by atoms with Gasteiger partial charge in [-0.1, -0.05) is 39.2 Å². The van der Waals surface area contributed by atoms with E-state index < -0.39 is 42.3 Å². The average molecular weight is 596 g/mol. The van der Waals surface area contributed by atoms with Gasteiger partial charge in [-0.2, -0.15) is 0 Å². The van der Waals surface area contributed by atoms with E-state index in [2.05, 4.69) is 16.0 Å². The minimum Gasteiger partial charge on any atom is -0.451 e. The normalized spacial score (nSPS) is 14.4. The molecule has 3 atom stereocenters. The number of aryl methyl sites for hydroxylation is 1. The average Bonchev–Trinajstić information content (AvgIpc) is 3.41. The Hall–Kier alpha value is -3.35. The quantitative estimate of drug-likeness (QED) is 0.0322. The van der Waals surface area contributed by atoms with E-state index in [9.17, 15) is 29.0 Å². The van der Waals surface area contributed by atoms with Crippen LogP contribution < -0.4 is 16.0 Å². The van der Waals surface area contributed by atoms with E-state index in [1.807, 2.05) is 6.92 Å². The number of hydroxylamine groups is 3. The maximum absolute atomic E-state index is 13.0. The van der Waals surface area contributed by atoms with Crippen LogP contribution in [-0.4, -0.2) is 69.8 Å². The van der Waals surface area contributed by atoms with Crippen molar-refractivity contribution in [2.24, 2.45) is 5.92 Å². The molecule has 2 aromatic rings. The molecule has 4 amide bonds. The van der Waals surface area contributed by atoms with Crippen molar-refractivity contribution >= 4 is 31.7 Å². The van der Waals surface area contributed by atoms with Gasteiger partial charge in [0.1, 0.15) is 25.1 Å². The minimum absolute atomic E-state index is 0.0122. The maximum atomic E-state index is 13.0. The topological polar surface area (TPSA) is 195 Å². The zero-order valence-electron chi connectivity index (χ0n) is 23.8. The molecule has 1 aromatic heterocycles. The Bertz CT molecular complexity index is 1270. The van der Waals surface area contributed by atoms with Crippen LogP contribution in [0.3, 0.4) is 0 Å². The van der Waals surface area contributed by atoms with E-state index in [0.29, 0.717) is 36.1 Å². The van der Waals surface area contributed by atoms with Crippen LogP contribution in [0.25, 0.3) is 11.3 Å². The molecule has 2 rings (SSSR count). The second kappa shape index (κ2) is 15.0. The number of unbranched alkanes of at least 4 members (excludes halogenated alkanes) is 2. The van der Waals surface area contributed by atoms with Gasteiger partial charge >= 0.3 is 14.0 Å². The molecular weight excluding hydrogens is 555 g/mol. The van der Waals surface area contributed by atoms with Gasteiger partial charge in [-0.05, 0) is 43.2 Å². The third kappa shape index (κ3) is 9.91. The van der Waals surface area contributed by atoms with Crippen LogP contribution in [0.5, 0.6) is 0 Å². The van der Waals surface area contributed by atoms with Crippen LogP contribution in [0, 0.1) is 12.8 Å². The lowest BCUT2D eigenvalue weighted by Crippen LogP contribution is -2.55. The molecule has 14 heteroatoms. The molecule has 1 unspecified atom stereocenters. The molecule has 0 saturated heterocycles. The van der Waals surface area contributed by atoms with Crippen molar-refractivity contribution in [2.45, 2.75) is 58.9 Å². The first-order chi connectivity index (χ1) is 19.2. The Kier molecular flexibility index (Phi) is 12.4. The van der Waals surface area contributed by atoms with Crippen molar-refractivity contribution in [1.29, 1.82) is 0 Å². The fourth-order valence-electron chi connectivity index (χ4n) is 4.60. The summed E-state index contributed by atoms with van der Waals surface area (Å²) in [6.07, 6.45) is 3.12. The molecule has 0 bridgehead atoms. The summed E-state index contributed by atoms with van der Waals surface area (Å²) in [5.74, 6) is -1.89. The first kappa shape index (κ1) is 33.9. The molecule has 1 aromatic carbocycles. The van der Waals surface area contributed by atoms with Gasteiger partial charge in [-0.15, -0.1) is 4.65 Å². The summed E-state index contributed by atoms with van der Waals surface area (Å²) in [6.45, 7) is 5.30. The van der Waals surface area contributed by atoms with E-state index in [0.717, 1.165) is 19.3 Å². The van der Waals surface area contributed by atoms with Gasteiger partial charge in [0.05, 0.1) is 12.6 Å². The summed E-state index contributed by atoms with van der Waals surface area (Å²) < 4.78 is 15.7. The van der Waals surface area contributed by atoms with Gasteiger partial charge in [0.15, 0.2) is 5.76 Å². The molecule has 6 N–H and O–H groups in total. The summed E-state index contributed by atoms with van der Waals surface area (Å²) in [6, 6.07) is 7.10. The third-order valence-corrected chi connectivity index (χ3v) is 7.34. The summed E-state index contributed by atoms with van der Waals surface area (Å²) in [5, 5.41) is 17.9. The van der Waals surface area contributed by atoms with E-state index in [-0.39, 0.29) is 23.9 Å². The molecule has 0 saturated carbocycles. The van der Waals surface area contributed by atoms with Crippen LogP contribution in [0.4, 0.5) is 0 Å². The Labute approximate surface area is 239 Å². The highest BCUT2D eigenvalue weighted by Crippen LogP contribution is 2.32. The number of rotatable bonds is 16. The van der Waals surface area contributed by atoms with Crippen LogP contribution >= 0.6 is 7.60 Å². The molecule has 0 aliphatic heterocycles. The van der Waals surface area contributed by atoms with Crippen molar-refractivity contribution in [2.75, 3.05) is 20.0 Å². The maximum Gasteiger partial charge on any atom is 0.344 e. The number of hydrogen-bond acceptors (Lipinski definition) is 7. The lowest BCUT2D eigenvalue weighted by Gasteiger charge is -2.32. The van der Waals surface area contributed by atoms with Gasteiger partial charge < -0.3 is 30.2 Å². The van der Waals surface area contributed by atoms with Gasteiger partial charge in [-0.3, -0.25) is 18.9 Å². The van der Waals surface area contributed by atoms with Crippen molar-refractivity contribution in [3.05, 3.63) is 47.2 Å². The molecule has 41 heavy (non-hydrogen) atoms. The highest BCUT2D eigenvalue weighted by molar-refractivity contribution is 7.51. The zero-order valence-corrected chi connectivity index (χ0v) is 24.6. The fourth-order valence-corrected chi connectivity index (χ4v) is 4.95. The van der Waals surface area contributed by atoms with Crippen LogP contribution in [0.2, 0.25) is 0 Å². The Balaban J connectivity index is 2.03. The number of carbonyl (C=O) groups is 4. The Morgan fingerprint density at radius 1 is 1.05 bits per heavy atom. The van der Waals surface area contributed by atoms with Gasteiger partial charge in [-0.25, -0.2) is 10.0 Å². The standard InChI is InChI=1S/C27H39N4O9P/c1-5-7-8-9-21(22(6-2)31(4,36)17-32)26(34)28-15-29-27(35)24-13-12-23(40-24)19-10-11-20(18(3)14-19)25(33)30-16-41(37,38)39/h10-14,17,21-22,36H,5-9,15-16H2,1-4H3,(H4-,28,29,30,33,34,35,37,38,39)/p+1/t21-,22-,31?/m1/s1. The predicted octanol–water partition coefficient (Wildman–Crippen LogP) is 2.89. The highest BCUT2D eigenvalue weighted by Gasteiger charge is 2.40. The molecule has 1 heterocycles. The second-order valence-electron chi connectivity index (χ2n) is 10.0. The lowest BCUT2D eigenvalue weighted by molar-refractivity contribution is -1.04. The number of hydrogen-bond donors (Lipinski definition) is 6. The molecule has 0 aliphatic carbocycles. The number of nitrogens with one attached hydrogen (secondary N) is 3. The summed E-state index contributed by atoms with van der Waals surface area (Å²) in [4.78, 5) is 67.2. The SMILES string of the molecule is CCCCC[C@@H](C(=O)NCNC(=O)c1ccc(-c2ccc(C(=O)NCP(=O)(O)O)c(C)c2)o1)[C@@H](CC)[N+](C)(O)C=O. The predicted molar refractivity (Wildman–Crippen MR) is 149 cm³/mol. The minimum atomic E-state index is -4.39. The molecule has 226 valence electrons. The van der Waals surface area contributed by atoms with Gasteiger partial charge in [0, 0.05) is 17.5 Å². The fraction of sp³-hybridized carbons (Fsp3) is 0.481. The van der Waals surface area contributed by atoms with E-state index >= 15 is 0 Å². The number of amides is 4. The Morgan fingerprint density at radius 3 is 2.34 bits per heavy atom. The number of furan rings is 1. The van der Waals surface area contributed by atoms with Gasteiger partial charge in [0.25, 0.3) is 11.8 Å². The summed E-state index contributed by atoms with van der Waals surface area (Å²) in [5.41, 5.74) is 1.33. The zero-order chi connectivity index (χ0) is 30.8. The highest BCUT2D eigenvalue weighted by atomic mass is 31.2. The third-order valence-electron chi connectivity index (χ3n) is 6.77. The van der Waals surface area contributed by atoms with Crippen molar-refractivity contribution in [1.82, 2.24) is 16.0 Å². The summed E-state index contributed by atoms with van der Waals surface area (Å²) in [7, 11) is -3.05. The molecule has 0 aliphatic rings. The van der Waals surface area contributed by atoms with Crippen LogP contribution in [-0.2, 0) is 14.2 Å². The number of benzene rings is 1. The second-order valence-corrected chi connectivity index (χ2v) is 11.7. The van der Waals surface area contributed by atoms with Crippen LogP contribution in [0.15, 0.2) is 34.7 Å². The molecule has 13 nitrogen and oxygen atoms in total. The number of quaternary nitrogens is 1. The molecule has 0 radical (unpaired) electrons. The number of nitrogens with zero attached hydrogens (tertiary/aromatic N) is 1. The molecular formula is C27H40N4O9P+. The lowest BCUT2D eigenvalue weighted by atomic mass is 9.89. The monoisotopic (exact) mass is 595 g/mol. The number of carbonyl (C=O) groups excluding carboxylic acids is 4. The van der Waals surface area contributed by atoms with Crippen molar-refractivity contribution in [3.63, 3.8) is 0 Å². The van der Waals surface area contributed by atoms with Crippen LogP contribution in [0.1, 0.15) is 72.4 Å². The molecule has 0 spiro atoms. The van der Waals surface area contributed by atoms with E-state index in [4.69, 9.17) is 14.2 Å². The molecule has 0 fully saturated rings. The van der Waals surface area contributed by atoms with Crippen molar-refractivity contribution in [3.8, 4) is 11.3 Å².